The molecule has 0 fully saturated rings. The van der Waals surface area contributed by atoms with Crippen LogP contribution in [-0.4, -0.2) is 44.8 Å². The van der Waals surface area contributed by atoms with Crippen molar-refractivity contribution in [1.29, 1.82) is 0 Å². The standard InChI is InChI=1S/C19H19N3O2S.C10H14O3/c1-24-18-8-7-14(15-11-21-25-12-15)10-17(18)22-19(23)16(20)9-13-5-3-2-4-6-13;1-7-5-8(11-2)10(13-4)9(6-7)12-3/h2-8,10-12,16H,9,20H2,1H3,(H,22,23);5-6H,1-4H3. The van der Waals surface area contributed by atoms with E-state index in [1.54, 1.807) is 34.6 Å². The van der Waals surface area contributed by atoms with E-state index in [2.05, 4.69) is 9.69 Å². The average molecular weight is 536 g/mol. The number of rotatable bonds is 9. The van der Waals surface area contributed by atoms with Crippen LogP contribution in [-0.2, 0) is 11.2 Å². The molecule has 3 aromatic carbocycles. The third-order valence-corrected chi connectivity index (χ3v) is 6.25. The zero-order chi connectivity index (χ0) is 27.5. The molecule has 1 aromatic heterocycles. The number of methoxy groups -OCH3 is 4. The van der Waals surface area contributed by atoms with Crippen LogP contribution in [0.3, 0.4) is 0 Å². The molecule has 9 heteroatoms. The Bertz CT molecular complexity index is 1290. The molecule has 0 saturated carbocycles. The Labute approximate surface area is 227 Å². The molecule has 0 aliphatic rings. The normalized spacial score (nSPS) is 11.0. The molecule has 0 aliphatic heterocycles. The highest BCUT2D eigenvalue weighted by Gasteiger charge is 2.17. The van der Waals surface area contributed by atoms with Gasteiger partial charge in [-0.15, -0.1) is 0 Å². The lowest BCUT2D eigenvalue weighted by Gasteiger charge is -2.15. The van der Waals surface area contributed by atoms with Gasteiger partial charge < -0.3 is 30.0 Å². The van der Waals surface area contributed by atoms with Crippen molar-refractivity contribution in [2.75, 3.05) is 33.8 Å². The van der Waals surface area contributed by atoms with E-state index >= 15 is 0 Å². The van der Waals surface area contributed by atoms with E-state index in [0.29, 0.717) is 35.1 Å². The Morgan fingerprint density at radius 2 is 1.55 bits per heavy atom. The van der Waals surface area contributed by atoms with Gasteiger partial charge in [0.15, 0.2) is 11.5 Å². The lowest BCUT2D eigenvalue weighted by Crippen LogP contribution is -2.37. The van der Waals surface area contributed by atoms with Crippen LogP contribution in [0, 0.1) is 6.92 Å². The summed E-state index contributed by atoms with van der Waals surface area (Å²) >= 11 is 1.38. The maximum atomic E-state index is 12.5. The van der Waals surface area contributed by atoms with Crippen molar-refractivity contribution < 1.29 is 23.7 Å². The van der Waals surface area contributed by atoms with Crippen LogP contribution in [0.4, 0.5) is 5.69 Å². The molecule has 0 saturated heterocycles. The van der Waals surface area contributed by atoms with Gasteiger partial charge in [-0.2, -0.15) is 0 Å². The van der Waals surface area contributed by atoms with Gasteiger partial charge in [0.1, 0.15) is 5.75 Å². The van der Waals surface area contributed by atoms with E-state index in [1.165, 1.54) is 11.5 Å². The van der Waals surface area contributed by atoms with Crippen molar-refractivity contribution in [2.45, 2.75) is 19.4 Å². The fourth-order valence-corrected chi connectivity index (χ4v) is 4.28. The van der Waals surface area contributed by atoms with Gasteiger partial charge in [0.25, 0.3) is 0 Å². The molecule has 3 N–H and O–H groups in total. The third kappa shape index (κ3) is 7.47. The second-order valence-electron chi connectivity index (χ2n) is 8.32. The Morgan fingerprint density at radius 3 is 2.11 bits per heavy atom. The zero-order valence-electron chi connectivity index (χ0n) is 22.2. The van der Waals surface area contributed by atoms with Crippen molar-refractivity contribution in [3.8, 4) is 34.1 Å². The maximum Gasteiger partial charge on any atom is 0.241 e. The number of carbonyl (C=O) groups is 1. The number of hydrogen-bond acceptors (Lipinski definition) is 8. The summed E-state index contributed by atoms with van der Waals surface area (Å²) in [6, 6.07) is 18.5. The van der Waals surface area contributed by atoms with E-state index in [0.717, 1.165) is 22.3 Å². The molecule has 38 heavy (non-hydrogen) atoms. The van der Waals surface area contributed by atoms with Gasteiger partial charge in [-0.3, -0.25) is 4.79 Å². The van der Waals surface area contributed by atoms with Crippen LogP contribution >= 0.6 is 11.5 Å². The van der Waals surface area contributed by atoms with Crippen molar-refractivity contribution in [3.05, 3.63) is 83.4 Å². The third-order valence-electron chi connectivity index (χ3n) is 5.67. The molecule has 1 atom stereocenters. The first-order valence-electron chi connectivity index (χ1n) is 11.8. The summed E-state index contributed by atoms with van der Waals surface area (Å²) in [5.74, 6) is 2.37. The Balaban J connectivity index is 0.000000260. The minimum atomic E-state index is -0.640. The van der Waals surface area contributed by atoms with Crippen LogP contribution in [0.2, 0.25) is 0 Å². The van der Waals surface area contributed by atoms with Gasteiger partial charge in [0, 0.05) is 17.1 Å². The molecule has 1 amide bonds. The SMILES string of the molecule is COc1cc(C)cc(OC)c1OC.COc1ccc(-c2cnsc2)cc1NC(=O)C(N)Cc1ccccc1. The van der Waals surface area contributed by atoms with Crippen molar-refractivity contribution in [1.82, 2.24) is 4.37 Å². The van der Waals surface area contributed by atoms with E-state index < -0.39 is 6.04 Å². The summed E-state index contributed by atoms with van der Waals surface area (Å²) in [7, 11) is 6.38. The zero-order valence-corrected chi connectivity index (χ0v) is 23.0. The average Bonchev–Trinajstić information content (AvgIpc) is 3.48. The monoisotopic (exact) mass is 535 g/mol. The largest absolute Gasteiger partial charge is 0.495 e. The predicted octanol–water partition coefficient (Wildman–Crippen LogP) is 5.35. The van der Waals surface area contributed by atoms with Crippen molar-refractivity contribution >= 4 is 23.1 Å². The molecule has 0 radical (unpaired) electrons. The molecule has 200 valence electrons. The fourth-order valence-electron chi connectivity index (χ4n) is 3.73. The molecular formula is C29H33N3O5S. The van der Waals surface area contributed by atoms with Gasteiger partial charge in [-0.1, -0.05) is 36.4 Å². The Hall–Kier alpha value is -4.08. The lowest BCUT2D eigenvalue weighted by molar-refractivity contribution is -0.117. The highest BCUT2D eigenvalue weighted by Crippen LogP contribution is 2.37. The van der Waals surface area contributed by atoms with Crippen LogP contribution in [0.1, 0.15) is 11.1 Å². The minimum Gasteiger partial charge on any atom is -0.495 e. The number of amides is 1. The first kappa shape index (κ1) is 28.5. The van der Waals surface area contributed by atoms with E-state index in [4.69, 9.17) is 24.7 Å². The predicted molar refractivity (Wildman–Crippen MR) is 152 cm³/mol. The molecule has 8 nitrogen and oxygen atoms in total. The van der Waals surface area contributed by atoms with Crippen LogP contribution in [0.25, 0.3) is 11.1 Å². The number of carbonyl (C=O) groups excluding carboxylic acids is 1. The molecule has 1 heterocycles. The first-order chi connectivity index (χ1) is 18.4. The molecule has 0 bridgehead atoms. The number of nitrogens with zero attached hydrogens (tertiary/aromatic N) is 1. The number of aromatic nitrogens is 1. The number of nitrogens with two attached hydrogens (primary N) is 1. The molecule has 0 spiro atoms. The Kier molecular flexibility index (Phi) is 10.5. The Morgan fingerprint density at radius 1 is 0.895 bits per heavy atom. The van der Waals surface area contributed by atoms with Gasteiger partial charge in [0.05, 0.1) is 40.2 Å². The molecule has 4 aromatic rings. The number of hydrogen-bond donors (Lipinski definition) is 2. The second-order valence-corrected chi connectivity index (χ2v) is 8.97. The number of anilines is 1. The van der Waals surface area contributed by atoms with Crippen molar-refractivity contribution in [2.24, 2.45) is 5.73 Å². The topological polar surface area (TPSA) is 105 Å². The van der Waals surface area contributed by atoms with Gasteiger partial charge in [-0.25, -0.2) is 4.37 Å². The maximum absolute atomic E-state index is 12.5. The molecule has 0 aliphatic carbocycles. The van der Waals surface area contributed by atoms with E-state index in [9.17, 15) is 4.79 Å². The first-order valence-corrected chi connectivity index (χ1v) is 12.7. The summed E-state index contributed by atoms with van der Waals surface area (Å²) < 4.78 is 24.9. The summed E-state index contributed by atoms with van der Waals surface area (Å²) in [4.78, 5) is 12.5. The fraction of sp³-hybridized carbons (Fsp3) is 0.241. The minimum absolute atomic E-state index is 0.247. The highest BCUT2D eigenvalue weighted by atomic mass is 32.1. The summed E-state index contributed by atoms with van der Waals surface area (Å²) in [6.45, 7) is 1.98. The molecule has 1 unspecified atom stereocenters. The van der Waals surface area contributed by atoms with Gasteiger partial charge in [-0.05, 0) is 65.8 Å². The summed E-state index contributed by atoms with van der Waals surface area (Å²) in [6.07, 6.45) is 2.27. The van der Waals surface area contributed by atoms with E-state index in [1.807, 2.05) is 73.0 Å². The quantitative estimate of drug-likeness (QED) is 0.298. The van der Waals surface area contributed by atoms with Crippen LogP contribution in [0.15, 0.2) is 72.2 Å². The smallest absolute Gasteiger partial charge is 0.241 e. The second kappa shape index (κ2) is 14.0. The molecular weight excluding hydrogens is 502 g/mol. The lowest BCUT2D eigenvalue weighted by atomic mass is 10.1. The number of aryl methyl sites for hydroxylation is 1. The molecule has 4 rings (SSSR count). The van der Waals surface area contributed by atoms with Gasteiger partial charge in [0.2, 0.25) is 11.7 Å². The van der Waals surface area contributed by atoms with Crippen LogP contribution < -0.4 is 30.0 Å². The van der Waals surface area contributed by atoms with Gasteiger partial charge >= 0.3 is 0 Å². The summed E-state index contributed by atoms with van der Waals surface area (Å²) in [5, 5.41) is 4.83. The number of nitrogens with one attached hydrogen (secondary N) is 1. The van der Waals surface area contributed by atoms with E-state index in [-0.39, 0.29) is 5.91 Å². The number of benzene rings is 3. The summed E-state index contributed by atoms with van der Waals surface area (Å²) in [5.41, 5.74) is 10.7. The van der Waals surface area contributed by atoms with Crippen molar-refractivity contribution in [3.63, 3.8) is 0 Å². The van der Waals surface area contributed by atoms with Crippen LogP contribution in [0.5, 0.6) is 23.0 Å². The number of ether oxygens (including phenoxy) is 4. The highest BCUT2D eigenvalue weighted by molar-refractivity contribution is 7.03.